The highest BCUT2D eigenvalue weighted by Crippen LogP contribution is 2.15. The van der Waals surface area contributed by atoms with Crippen molar-refractivity contribution in [3.05, 3.63) is 27.8 Å². The number of rotatable bonds is 6. The molecular weight excluding hydrogens is 298 g/mol. The van der Waals surface area contributed by atoms with Crippen LogP contribution in [0.3, 0.4) is 0 Å². The quantitative estimate of drug-likeness (QED) is 0.879. The molecule has 0 bridgehead atoms. The summed E-state index contributed by atoms with van der Waals surface area (Å²) in [4.78, 5) is 12.4. The van der Waals surface area contributed by atoms with E-state index in [0.717, 1.165) is 49.3 Å². The molecule has 0 radical (unpaired) electrons. The van der Waals surface area contributed by atoms with Gasteiger partial charge in [-0.15, -0.1) is 11.3 Å². The van der Waals surface area contributed by atoms with Gasteiger partial charge in [0, 0.05) is 36.6 Å². The van der Waals surface area contributed by atoms with Crippen LogP contribution >= 0.6 is 11.3 Å². The van der Waals surface area contributed by atoms with Crippen LogP contribution in [0.2, 0.25) is 0 Å². The van der Waals surface area contributed by atoms with E-state index < -0.39 is 0 Å². The highest BCUT2D eigenvalue weighted by molar-refractivity contribution is 7.11. The van der Waals surface area contributed by atoms with Crippen molar-refractivity contribution in [1.29, 1.82) is 0 Å². The van der Waals surface area contributed by atoms with Gasteiger partial charge in [-0.3, -0.25) is 4.90 Å². The lowest BCUT2D eigenvalue weighted by Crippen LogP contribution is -2.45. The summed E-state index contributed by atoms with van der Waals surface area (Å²) in [6.45, 7) is 7.90. The average molecular weight is 321 g/mol. The molecule has 3 rings (SSSR count). The van der Waals surface area contributed by atoms with Crippen LogP contribution < -0.4 is 5.32 Å². The first kappa shape index (κ1) is 15.6. The number of aromatic nitrogens is 3. The van der Waals surface area contributed by atoms with Crippen molar-refractivity contribution < 1.29 is 4.52 Å². The predicted molar refractivity (Wildman–Crippen MR) is 85.7 cm³/mol. The van der Waals surface area contributed by atoms with Crippen LogP contribution in [0.4, 0.5) is 0 Å². The third-order valence-corrected chi connectivity index (χ3v) is 4.83. The lowest BCUT2D eigenvalue weighted by Gasteiger charge is -2.32. The largest absolute Gasteiger partial charge is 0.339 e. The number of hydrogen-bond acceptors (Lipinski definition) is 7. The van der Waals surface area contributed by atoms with E-state index in [1.54, 1.807) is 11.3 Å². The maximum absolute atomic E-state index is 5.18. The van der Waals surface area contributed by atoms with E-state index in [2.05, 4.69) is 25.3 Å². The number of thiazole rings is 1. The topological polar surface area (TPSA) is 67.1 Å². The first-order chi connectivity index (χ1) is 10.7. The zero-order valence-corrected chi connectivity index (χ0v) is 14.0. The molecule has 0 aromatic carbocycles. The Labute approximate surface area is 134 Å². The lowest BCUT2D eigenvalue weighted by molar-refractivity contribution is 0.177. The van der Waals surface area contributed by atoms with Gasteiger partial charge in [-0.25, -0.2) is 4.98 Å². The molecule has 7 heteroatoms. The maximum atomic E-state index is 5.18. The van der Waals surface area contributed by atoms with Gasteiger partial charge in [-0.1, -0.05) is 12.1 Å². The van der Waals surface area contributed by atoms with Crippen LogP contribution in [0.25, 0.3) is 0 Å². The van der Waals surface area contributed by atoms with Gasteiger partial charge in [0.05, 0.1) is 11.6 Å². The van der Waals surface area contributed by atoms with Crippen LogP contribution in [-0.2, 0) is 19.5 Å². The van der Waals surface area contributed by atoms with Gasteiger partial charge >= 0.3 is 0 Å². The summed E-state index contributed by atoms with van der Waals surface area (Å²) in [5, 5.41) is 8.83. The summed E-state index contributed by atoms with van der Waals surface area (Å²) in [5.41, 5.74) is 0. The Morgan fingerprint density at radius 2 is 2.41 bits per heavy atom. The number of hydrogen-bond donors (Lipinski definition) is 1. The van der Waals surface area contributed by atoms with Crippen molar-refractivity contribution in [2.75, 3.05) is 13.1 Å². The van der Waals surface area contributed by atoms with E-state index in [9.17, 15) is 0 Å². The second kappa shape index (κ2) is 7.30. The first-order valence-corrected chi connectivity index (χ1v) is 8.73. The van der Waals surface area contributed by atoms with Crippen LogP contribution in [0.1, 0.15) is 41.4 Å². The van der Waals surface area contributed by atoms with Crippen molar-refractivity contribution in [3.8, 4) is 0 Å². The third-order valence-electron chi connectivity index (χ3n) is 3.92. The molecule has 1 fully saturated rings. The summed E-state index contributed by atoms with van der Waals surface area (Å²) in [6.07, 6.45) is 5.20. The van der Waals surface area contributed by atoms with E-state index in [-0.39, 0.29) is 0 Å². The number of likely N-dealkylation sites (tertiary alicyclic amines) is 1. The van der Waals surface area contributed by atoms with E-state index in [4.69, 9.17) is 4.52 Å². The molecule has 0 amide bonds. The molecular formula is C15H23N5OS. The number of nitrogens with one attached hydrogen (secondary N) is 1. The summed E-state index contributed by atoms with van der Waals surface area (Å²) >= 11 is 1.77. The van der Waals surface area contributed by atoms with E-state index in [0.29, 0.717) is 6.04 Å². The minimum absolute atomic E-state index is 0.522. The van der Waals surface area contributed by atoms with E-state index in [1.807, 2.05) is 20.0 Å². The van der Waals surface area contributed by atoms with Crippen LogP contribution in [0, 0.1) is 6.92 Å². The molecule has 2 aromatic heterocycles. The van der Waals surface area contributed by atoms with Gasteiger partial charge in [-0.05, 0) is 26.3 Å². The molecule has 1 aliphatic rings. The van der Waals surface area contributed by atoms with Gasteiger partial charge in [0.2, 0.25) is 5.89 Å². The van der Waals surface area contributed by atoms with Crippen molar-refractivity contribution in [3.63, 3.8) is 0 Å². The molecule has 1 N–H and O–H groups in total. The molecule has 3 heterocycles. The second-order valence-corrected chi connectivity index (χ2v) is 7.08. The molecule has 22 heavy (non-hydrogen) atoms. The summed E-state index contributed by atoms with van der Waals surface area (Å²) < 4.78 is 5.18. The molecule has 0 spiro atoms. The zero-order valence-electron chi connectivity index (χ0n) is 13.2. The Balaban J connectivity index is 1.48. The normalized spacial score (nSPS) is 19.6. The standard InChI is InChI=1S/C15H23N5OS/c1-3-15-18-14(19-21-15)10-20-6-4-5-12(9-20)17-8-13-7-16-11(2)22-13/h7,12,17H,3-6,8-10H2,1-2H3/t12-/m1/s1. The Bertz CT molecular complexity index is 596. The van der Waals surface area contributed by atoms with Gasteiger partial charge in [0.1, 0.15) is 0 Å². The third kappa shape index (κ3) is 4.12. The molecule has 1 atom stereocenters. The fraction of sp³-hybridized carbons (Fsp3) is 0.667. The minimum atomic E-state index is 0.522. The number of piperidine rings is 1. The zero-order chi connectivity index (χ0) is 15.4. The molecule has 0 saturated carbocycles. The van der Waals surface area contributed by atoms with E-state index >= 15 is 0 Å². The molecule has 0 unspecified atom stereocenters. The van der Waals surface area contributed by atoms with Gasteiger partial charge in [0.15, 0.2) is 5.82 Å². The smallest absolute Gasteiger partial charge is 0.226 e. The molecule has 6 nitrogen and oxygen atoms in total. The molecule has 120 valence electrons. The highest BCUT2D eigenvalue weighted by atomic mass is 32.1. The summed E-state index contributed by atoms with van der Waals surface area (Å²) in [7, 11) is 0. The van der Waals surface area contributed by atoms with E-state index in [1.165, 1.54) is 17.7 Å². The second-order valence-electron chi connectivity index (χ2n) is 5.76. The minimum Gasteiger partial charge on any atom is -0.339 e. The van der Waals surface area contributed by atoms with Crippen molar-refractivity contribution in [2.45, 2.75) is 52.2 Å². The molecule has 1 saturated heterocycles. The fourth-order valence-electron chi connectivity index (χ4n) is 2.80. The highest BCUT2D eigenvalue weighted by Gasteiger charge is 2.21. The van der Waals surface area contributed by atoms with Crippen molar-refractivity contribution in [2.24, 2.45) is 0 Å². The Morgan fingerprint density at radius 1 is 1.50 bits per heavy atom. The summed E-state index contributed by atoms with van der Waals surface area (Å²) in [6, 6.07) is 0.522. The van der Waals surface area contributed by atoms with Crippen LogP contribution in [0.5, 0.6) is 0 Å². The lowest BCUT2D eigenvalue weighted by atomic mass is 10.1. The van der Waals surface area contributed by atoms with Crippen molar-refractivity contribution >= 4 is 11.3 Å². The van der Waals surface area contributed by atoms with Gasteiger partial charge < -0.3 is 9.84 Å². The Kier molecular flexibility index (Phi) is 5.17. The average Bonchev–Trinajstić information content (AvgIpc) is 3.14. The monoisotopic (exact) mass is 321 g/mol. The summed E-state index contributed by atoms with van der Waals surface area (Å²) in [5.74, 6) is 1.53. The first-order valence-electron chi connectivity index (χ1n) is 7.91. The molecule has 1 aliphatic heterocycles. The fourth-order valence-corrected chi connectivity index (χ4v) is 3.54. The predicted octanol–water partition coefficient (Wildman–Crippen LogP) is 2.15. The Morgan fingerprint density at radius 3 is 3.14 bits per heavy atom. The van der Waals surface area contributed by atoms with Crippen molar-refractivity contribution in [1.82, 2.24) is 25.3 Å². The SMILES string of the molecule is CCc1nc(CN2CCC[C@@H](NCc3cnc(C)s3)C2)no1. The molecule has 2 aromatic rings. The number of nitrogens with zero attached hydrogens (tertiary/aromatic N) is 4. The van der Waals surface area contributed by atoms with Crippen LogP contribution in [-0.4, -0.2) is 39.2 Å². The number of aryl methyl sites for hydroxylation is 2. The molecule has 0 aliphatic carbocycles. The maximum Gasteiger partial charge on any atom is 0.226 e. The Hall–Kier alpha value is -1.31. The van der Waals surface area contributed by atoms with Gasteiger partial charge in [-0.2, -0.15) is 4.98 Å². The van der Waals surface area contributed by atoms with Crippen LogP contribution in [0.15, 0.2) is 10.7 Å². The van der Waals surface area contributed by atoms with Gasteiger partial charge in [0.25, 0.3) is 0 Å².